The molecule has 1 fully saturated rings. The molecule has 4 rings (SSSR count). The number of nitrogens with two attached hydrogens (primary N) is 1. The van der Waals surface area contributed by atoms with Crippen LogP contribution >= 0.6 is 11.3 Å². The molecule has 8 heteroatoms. The lowest BCUT2D eigenvalue weighted by atomic mass is 9.93. The van der Waals surface area contributed by atoms with Crippen LogP contribution in [0.15, 0.2) is 48.0 Å². The van der Waals surface area contributed by atoms with Crippen LogP contribution in [0, 0.1) is 0 Å². The van der Waals surface area contributed by atoms with Gasteiger partial charge in [0.2, 0.25) is 5.88 Å². The molecule has 1 aromatic carbocycles. The number of aromatic nitrogens is 2. The summed E-state index contributed by atoms with van der Waals surface area (Å²) in [5.41, 5.74) is 7.75. The lowest BCUT2D eigenvalue weighted by Crippen LogP contribution is -2.31. The normalized spacial score (nSPS) is 18.6. The minimum absolute atomic E-state index is 0.0298. The number of hydrogen-bond donors (Lipinski definition) is 2. The van der Waals surface area contributed by atoms with Crippen molar-refractivity contribution in [2.75, 3.05) is 12.4 Å². The van der Waals surface area contributed by atoms with E-state index in [4.69, 9.17) is 20.2 Å². The van der Waals surface area contributed by atoms with Gasteiger partial charge in [-0.25, -0.2) is 9.97 Å². The van der Waals surface area contributed by atoms with Crippen molar-refractivity contribution >= 4 is 22.4 Å². The van der Waals surface area contributed by atoms with E-state index >= 15 is 0 Å². The van der Waals surface area contributed by atoms with Crippen LogP contribution in [0.2, 0.25) is 0 Å². The number of amides is 1. The molecule has 30 heavy (non-hydrogen) atoms. The van der Waals surface area contributed by atoms with E-state index in [1.54, 1.807) is 36.8 Å². The lowest BCUT2D eigenvalue weighted by molar-refractivity contribution is 0.0983. The molecular weight excluding hydrogens is 400 g/mol. The number of nitrogens with zero attached hydrogens (tertiary/aromatic N) is 2. The number of carbonyl (C=O) groups is 1. The van der Waals surface area contributed by atoms with E-state index in [1.807, 2.05) is 24.3 Å². The minimum Gasteiger partial charge on any atom is -0.497 e. The first kappa shape index (κ1) is 20.2. The molecule has 7 nitrogen and oxygen atoms in total. The lowest BCUT2D eigenvalue weighted by Gasteiger charge is -2.29. The van der Waals surface area contributed by atoms with E-state index in [0.29, 0.717) is 17.5 Å². The van der Waals surface area contributed by atoms with E-state index in [-0.39, 0.29) is 6.10 Å². The molecule has 2 heterocycles. The fraction of sp³-hybridized carbons (Fsp3) is 0.318. The third-order valence-corrected chi connectivity index (χ3v) is 5.98. The Bertz CT molecular complexity index is 998. The van der Waals surface area contributed by atoms with Gasteiger partial charge in [0.25, 0.3) is 5.91 Å². The largest absolute Gasteiger partial charge is 0.497 e. The van der Waals surface area contributed by atoms with Crippen molar-refractivity contribution in [3.8, 4) is 22.9 Å². The molecule has 1 amide bonds. The van der Waals surface area contributed by atoms with Gasteiger partial charge < -0.3 is 20.5 Å². The van der Waals surface area contributed by atoms with Crippen LogP contribution in [0.3, 0.4) is 0 Å². The summed E-state index contributed by atoms with van der Waals surface area (Å²) < 4.78 is 11.2. The van der Waals surface area contributed by atoms with Gasteiger partial charge >= 0.3 is 0 Å². The van der Waals surface area contributed by atoms with Crippen molar-refractivity contribution in [1.82, 2.24) is 9.97 Å². The predicted molar refractivity (Wildman–Crippen MR) is 117 cm³/mol. The second-order valence-corrected chi connectivity index (χ2v) is 8.08. The van der Waals surface area contributed by atoms with E-state index in [2.05, 4.69) is 15.7 Å². The number of nitrogens with one attached hydrogen (secondary N) is 1. The van der Waals surface area contributed by atoms with Crippen molar-refractivity contribution in [2.24, 2.45) is 5.73 Å². The molecule has 1 saturated carbocycles. The monoisotopic (exact) mass is 424 g/mol. The molecule has 3 aromatic rings. The maximum Gasteiger partial charge on any atom is 0.254 e. The summed E-state index contributed by atoms with van der Waals surface area (Å²) >= 11 is 1.61. The third-order valence-electron chi connectivity index (χ3n) is 5.21. The Hall–Kier alpha value is -3.13. The second-order valence-electron chi connectivity index (χ2n) is 7.22. The van der Waals surface area contributed by atoms with E-state index < -0.39 is 5.91 Å². The number of benzene rings is 1. The zero-order valence-corrected chi connectivity index (χ0v) is 17.5. The van der Waals surface area contributed by atoms with Gasteiger partial charge in [-0.3, -0.25) is 4.79 Å². The molecule has 156 valence electrons. The highest BCUT2D eigenvalue weighted by molar-refractivity contribution is 7.14. The number of carbonyl (C=O) groups excluding carboxylic acids is 1. The van der Waals surface area contributed by atoms with Crippen LogP contribution in [0.5, 0.6) is 11.6 Å². The number of primary amides is 1. The minimum atomic E-state index is -0.523. The summed E-state index contributed by atoms with van der Waals surface area (Å²) in [6.07, 6.45) is 5.31. The summed E-state index contributed by atoms with van der Waals surface area (Å²) in [5.74, 6) is 0.635. The molecule has 0 atom stereocenters. The quantitative estimate of drug-likeness (QED) is 0.592. The molecule has 0 unspecified atom stereocenters. The smallest absolute Gasteiger partial charge is 0.254 e. The molecular formula is C22H24N4O3S. The average Bonchev–Trinajstić information content (AvgIpc) is 3.24. The van der Waals surface area contributed by atoms with Crippen LogP contribution in [-0.4, -0.2) is 35.1 Å². The zero-order valence-electron chi connectivity index (χ0n) is 16.7. The van der Waals surface area contributed by atoms with Gasteiger partial charge in [0.05, 0.1) is 12.8 Å². The van der Waals surface area contributed by atoms with E-state index in [1.165, 1.54) is 0 Å². The van der Waals surface area contributed by atoms with Crippen LogP contribution in [-0.2, 0) is 0 Å². The van der Waals surface area contributed by atoms with Gasteiger partial charge in [0, 0.05) is 23.2 Å². The molecule has 1 aliphatic carbocycles. The number of pyridine rings is 1. The van der Waals surface area contributed by atoms with Gasteiger partial charge in [-0.05, 0) is 62.1 Å². The SMILES string of the molecule is COc1ccc(-c2csc(NC3CCC(Oc4ncccc4C(N)=O)CC3)n2)cc1. The van der Waals surface area contributed by atoms with Crippen molar-refractivity contribution in [3.05, 3.63) is 53.5 Å². The Balaban J connectivity index is 1.31. The number of ether oxygens (including phenoxy) is 2. The topological polar surface area (TPSA) is 99.4 Å². The van der Waals surface area contributed by atoms with Gasteiger partial charge in [-0.15, -0.1) is 11.3 Å². The second kappa shape index (κ2) is 9.13. The summed E-state index contributed by atoms with van der Waals surface area (Å²) in [5, 5.41) is 6.53. The Morgan fingerprint density at radius 3 is 2.63 bits per heavy atom. The van der Waals surface area contributed by atoms with Crippen LogP contribution < -0.4 is 20.5 Å². The zero-order chi connectivity index (χ0) is 20.9. The van der Waals surface area contributed by atoms with Crippen molar-refractivity contribution < 1.29 is 14.3 Å². The fourth-order valence-corrected chi connectivity index (χ4v) is 4.36. The van der Waals surface area contributed by atoms with Crippen LogP contribution in [0.4, 0.5) is 5.13 Å². The molecule has 2 aromatic heterocycles. The highest BCUT2D eigenvalue weighted by atomic mass is 32.1. The van der Waals surface area contributed by atoms with Crippen molar-refractivity contribution in [2.45, 2.75) is 37.8 Å². The molecule has 3 N–H and O–H groups in total. The van der Waals surface area contributed by atoms with Gasteiger partial charge in [-0.1, -0.05) is 0 Å². The number of anilines is 1. The highest BCUT2D eigenvalue weighted by Crippen LogP contribution is 2.30. The van der Waals surface area contributed by atoms with Crippen LogP contribution in [0.25, 0.3) is 11.3 Å². The first-order valence-electron chi connectivity index (χ1n) is 9.90. The summed E-state index contributed by atoms with van der Waals surface area (Å²) in [4.78, 5) is 20.4. The van der Waals surface area contributed by atoms with Gasteiger partial charge in [0.15, 0.2) is 5.13 Å². The maximum atomic E-state index is 11.5. The van der Waals surface area contributed by atoms with Gasteiger partial charge in [0.1, 0.15) is 17.4 Å². The van der Waals surface area contributed by atoms with Crippen LogP contribution in [0.1, 0.15) is 36.0 Å². The standard InChI is InChI=1S/C22H24N4O3S/c1-28-16-8-4-14(5-9-16)19-13-30-22(26-19)25-15-6-10-17(11-7-15)29-21-18(20(23)27)3-2-12-24-21/h2-5,8-9,12-13,15,17H,6-7,10-11H2,1H3,(H2,23,27)(H,25,26). The number of methoxy groups -OCH3 is 1. The predicted octanol–water partition coefficient (Wildman–Crippen LogP) is 4.11. The molecule has 0 radical (unpaired) electrons. The maximum absolute atomic E-state index is 11.5. The summed E-state index contributed by atoms with van der Waals surface area (Å²) in [6, 6.07) is 11.6. The third kappa shape index (κ3) is 4.71. The first-order chi connectivity index (χ1) is 14.6. The molecule has 0 saturated heterocycles. The fourth-order valence-electron chi connectivity index (χ4n) is 3.56. The Labute approximate surface area is 179 Å². The summed E-state index contributed by atoms with van der Waals surface area (Å²) in [7, 11) is 1.66. The number of hydrogen-bond acceptors (Lipinski definition) is 7. The molecule has 0 spiro atoms. The van der Waals surface area contributed by atoms with E-state index in [0.717, 1.165) is 47.8 Å². The number of thiazole rings is 1. The Morgan fingerprint density at radius 2 is 1.93 bits per heavy atom. The van der Waals surface area contributed by atoms with E-state index in [9.17, 15) is 4.79 Å². The molecule has 0 bridgehead atoms. The number of rotatable bonds is 7. The Kier molecular flexibility index (Phi) is 6.13. The van der Waals surface area contributed by atoms with Gasteiger partial charge in [-0.2, -0.15) is 0 Å². The van der Waals surface area contributed by atoms with Crippen molar-refractivity contribution in [3.63, 3.8) is 0 Å². The molecule has 1 aliphatic rings. The van der Waals surface area contributed by atoms with Crippen molar-refractivity contribution in [1.29, 1.82) is 0 Å². The average molecular weight is 425 g/mol. The Morgan fingerprint density at radius 1 is 1.17 bits per heavy atom. The molecule has 0 aliphatic heterocycles. The first-order valence-corrected chi connectivity index (χ1v) is 10.8. The highest BCUT2D eigenvalue weighted by Gasteiger charge is 2.24. The summed E-state index contributed by atoms with van der Waals surface area (Å²) in [6.45, 7) is 0.